The maximum absolute atomic E-state index is 9.34. The van der Waals surface area contributed by atoms with Crippen LogP contribution in [0.15, 0.2) is 48.8 Å². The molecule has 0 amide bonds. The zero-order chi connectivity index (χ0) is 19.5. The Hall–Kier alpha value is -3.10. The molecule has 4 aromatic rings. The predicted octanol–water partition coefficient (Wildman–Crippen LogP) is 3.99. The Morgan fingerprint density at radius 2 is 1.89 bits per heavy atom. The van der Waals surface area contributed by atoms with Crippen LogP contribution >= 0.6 is 11.3 Å². The summed E-state index contributed by atoms with van der Waals surface area (Å²) in [6.07, 6.45) is 3.46. The molecule has 0 radical (unpaired) electrons. The van der Waals surface area contributed by atoms with Crippen molar-refractivity contribution < 1.29 is 5.11 Å². The summed E-state index contributed by atoms with van der Waals surface area (Å²) in [6.45, 7) is 3.86. The highest BCUT2D eigenvalue weighted by Gasteiger charge is 2.10. The van der Waals surface area contributed by atoms with Crippen LogP contribution in [0, 0.1) is 6.92 Å². The zero-order valence-electron chi connectivity index (χ0n) is 15.5. The molecule has 4 rings (SSSR count). The Labute approximate surface area is 166 Å². The molecule has 0 unspecified atom stereocenters. The molecule has 3 heterocycles. The first kappa shape index (κ1) is 18.3. The van der Waals surface area contributed by atoms with Gasteiger partial charge >= 0.3 is 0 Å². The molecule has 0 saturated carbocycles. The molecule has 7 nitrogen and oxygen atoms in total. The third-order valence-electron chi connectivity index (χ3n) is 4.12. The fraction of sp³-hybridized carbons (Fsp3) is 0.200. The van der Waals surface area contributed by atoms with Crippen LogP contribution in [-0.2, 0) is 0 Å². The highest BCUT2D eigenvalue weighted by Crippen LogP contribution is 2.27. The van der Waals surface area contributed by atoms with Gasteiger partial charge in [0, 0.05) is 35.8 Å². The number of aliphatic hydroxyl groups excluding tert-OH is 1. The molecule has 28 heavy (non-hydrogen) atoms. The number of benzene rings is 1. The summed E-state index contributed by atoms with van der Waals surface area (Å²) in [5.41, 5.74) is 3.56. The van der Waals surface area contributed by atoms with E-state index in [4.69, 9.17) is 0 Å². The zero-order valence-corrected chi connectivity index (χ0v) is 16.4. The van der Waals surface area contributed by atoms with Gasteiger partial charge in [-0.25, -0.2) is 9.97 Å². The van der Waals surface area contributed by atoms with Crippen molar-refractivity contribution in [3.05, 3.63) is 53.8 Å². The van der Waals surface area contributed by atoms with E-state index in [1.54, 1.807) is 23.7 Å². The summed E-state index contributed by atoms with van der Waals surface area (Å²) in [7, 11) is 0. The van der Waals surface area contributed by atoms with Gasteiger partial charge in [0.1, 0.15) is 5.82 Å². The van der Waals surface area contributed by atoms with Crippen LogP contribution in [0.1, 0.15) is 11.9 Å². The molecule has 1 aromatic carbocycles. The van der Waals surface area contributed by atoms with Gasteiger partial charge in [0.05, 0.1) is 27.5 Å². The number of nitrogens with zero attached hydrogens (tertiary/aromatic N) is 4. The number of pyridine rings is 1. The van der Waals surface area contributed by atoms with Crippen molar-refractivity contribution in [2.45, 2.75) is 19.9 Å². The second kappa shape index (κ2) is 7.87. The van der Waals surface area contributed by atoms with Crippen molar-refractivity contribution >= 4 is 39.0 Å². The number of rotatable bonds is 6. The lowest BCUT2D eigenvalue weighted by molar-refractivity contribution is 0.281. The minimum absolute atomic E-state index is 0.00848. The monoisotopic (exact) mass is 392 g/mol. The number of anilines is 3. The van der Waals surface area contributed by atoms with Gasteiger partial charge in [-0.1, -0.05) is 0 Å². The van der Waals surface area contributed by atoms with Gasteiger partial charge in [-0.2, -0.15) is 4.98 Å². The van der Waals surface area contributed by atoms with E-state index >= 15 is 0 Å². The fourth-order valence-corrected chi connectivity index (χ4v) is 3.59. The molecule has 0 fully saturated rings. The lowest BCUT2D eigenvalue weighted by Gasteiger charge is -2.14. The number of aryl methyl sites for hydroxylation is 1. The van der Waals surface area contributed by atoms with E-state index in [2.05, 4.69) is 36.6 Å². The first-order chi connectivity index (χ1) is 13.6. The van der Waals surface area contributed by atoms with Gasteiger partial charge in [0.2, 0.25) is 5.95 Å². The first-order valence-electron chi connectivity index (χ1n) is 8.92. The summed E-state index contributed by atoms with van der Waals surface area (Å²) in [6, 6.07) is 11.6. The van der Waals surface area contributed by atoms with E-state index in [-0.39, 0.29) is 12.6 Å². The first-order valence-corrected chi connectivity index (χ1v) is 9.73. The molecule has 3 aromatic heterocycles. The molecule has 0 aliphatic heterocycles. The van der Waals surface area contributed by atoms with Gasteiger partial charge in [0.25, 0.3) is 0 Å². The summed E-state index contributed by atoms with van der Waals surface area (Å²) >= 11 is 1.67. The molecule has 8 heteroatoms. The molecule has 0 aliphatic rings. The summed E-state index contributed by atoms with van der Waals surface area (Å²) < 4.78 is 1.15. The number of hydrogen-bond donors (Lipinski definition) is 3. The Balaban J connectivity index is 1.70. The highest BCUT2D eigenvalue weighted by molar-refractivity contribution is 7.18. The van der Waals surface area contributed by atoms with Gasteiger partial charge in [-0.3, -0.25) is 4.98 Å². The van der Waals surface area contributed by atoms with Crippen LogP contribution in [0.5, 0.6) is 0 Å². The van der Waals surface area contributed by atoms with Crippen molar-refractivity contribution in [2.75, 3.05) is 17.2 Å². The van der Waals surface area contributed by atoms with Gasteiger partial charge in [-0.15, -0.1) is 11.3 Å². The van der Waals surface area contributed by atoms with E-state index in [1.165, 1.54) is 0 Å². The molecule has 0 saturated heterocycles. The standard InChI is InChI=1S/C20H20N6OS/c1-12(11-27)22-20-25-16(14-5-7-21-8-6-14)10-19(26-20)24-15-3-4-18-17(9-15)23-13(2)28-18/h3-10,12,27H,11H2,1-2H3,(H2,22,24,25,26)/t12-/m0/s1. The molecule has 142 valence electrons. The molecule has 1 atom stereocenters. The third-order valence-corrected chi connectivity index (χ3v) is 5.07. The van der Waals surface area contributed by atoms with E-state index in [0.717, 1.165) is 32.2 Å². The quantitative estimate of drug-likeness (QED) is 0.456. The predicted molar refractivity (Wildman–Crippen MR) is 113 cm³/mol. The number of nitrogens with one attached hydrogen (secondary N) is 2. The third kappa shape index (κ3) is 4.08. The minimum Gasteiger partial charge on any atom is -0.394 e. The SMILES string of the molecule is Cc1nc2cc(Nc3cc(-c4ccncc4)nc(N[C@@H](C)CO)n3)ccc2s1. The second-order valence-electron chi connectivity index (χ2n) is 6.47. The number of fused-ring (bicyclic) bond motifs is 1. The average Bonchev–Trinajstić information content (AvgIpc) is 3.07. The van der Waals surface area contributed by atoms with Crippen LogP contribution in [0.4, 0.5) is 17.5 Å². The lowest BCUT2D eigenvalue weighted by atomic mass is 10.2. The van der Waals surface area contributed by atoms with E-state index < -0.39 is 0 Å². The molecule has 0 spiro atoms. The van der Waals surface area contributed by atoms with Gasteiger partial charge in [-0.05, 0) is 44.2 Å². The van der Waals surface area contributed by atoms with E-state index in [1.807, 2.05) is 44.2 Å². The Morgan fingerprint density at radius 1 is 1.07 bits per heavy atom. The van der Waals surface area contributed by atoms with Crippen molar-refractivity contribution in [3.63, 3.8) is 0 Å². The molecule has 0 aliphatic carbocycles. The topological polar surface area (TPSA) is 95.9 Å². The summed E-state index contributed by atoms with van der Waals surface area (Å²) in [4.78, 5) is 17.7. The molecule has 3 N–H and O–H groups in total. The van der Waals surface area contributed by atoms with Crippen LogP contribution in [-0.4, -0.2) is 37.7 Å². The summed E-state index contributed by atoms with van der Waals surface area (Å²) in [5.74, 6) is 1.10. The fourth-order valence-electron chi connectivity index (χ4n) is 2.78. The molecule has 0 bridgehead atoms. The second-order valence-corrected chi connectivity index (χ2v) is 7.70. The maximum Gasteiger partial charge on any atom is 0.225 e. The molecular weight excluding hydrogens is 372 g/mol. The van der Waals surface area contributed by atoms with Gasteiger partial charge in [0.15, 0.2) is 0 Å². The van der Waals surface area contributed by atoms with Crippen LogP contribution in [0.2, 0.25) is 0 Å². The van der Waals surface area contributed by atoms with Gasteiger partial charge < -0.3 is 15.7 Å². The number of thiazole rings is 1. The number of aromatic nitrogens is 4. The van der Waals surface area contributed by atoms with E-state index in [0.29, 0.717) is 11.8 Å². The van der Waals surface area contributed by atoms with E-state index in [9.17, 15) is 5.11 Å². The van der Waals surface area contributed by atoms with Crippen molar-refractivity contribution in [1.82, 2.24) is 19.9 Å². The van der Waals surface area contributed by atoms with Crippen molar-refractivity contribution in [3.8, 4) is 11.3 Å². The Bertz CT molecular complexity index is 1100. The summed E-state index contributed by atoms with van der Waals surface area (Å²) in [5, 5.41) is 16.8. The maximum atomic E-state index is 9.34. The Morgan fingerprint density at radius 3 is 2.68 bits per heavy atom. The Kier molecular flexibility index (Phi) is 5.14. The smallest absolute Gasteiger partial charge is 0.225 e. The normalized spacial score (nSPS) is 12.1. The largest absolute Gasteiger partial charge is 0.394 e. The number of hydrogen-bond acceptors (Lipinski definition) is 8. The lowest BCUT2D eigenvalue weighted by Crippen LogP contribution is -2.21. The average molecular weight is 392 g/mol. The minimum atomic E-state index is -0.158. The molecular formula is C20H20N6OS. The van der Waals surface area contributed by atoms with Crippen molar-refractivity contribution in [2.24, 2.45) is 0 Å². The van der Waals surface area contributed by atoms with Crippen LogP contribution in [0.25, 0.3) is 21.5 Å². The van der Waals surface area contributed by atoms with Crippen LogP contribution < -0.4 is 10.6 Å². The van der Waals surface area contributed by atoms with Crippen molar-refractivity contribution in [1.29, 1.82) is 0 Å². The van der Waals surface area contributed by atoms with Crippen LogP contribution in [0.3, 0.4) is 0 Å². The highest BCUT2D eigenvalue weighted by atomic mass is 32.1. The number of aliphatic hydroxyl groups is 1.